The molecule has 0 unspecified atom stereocenters. The molecule has 0 aromatic heterocycles. The maximum absolute atomic E-state index is 13.1. The minimum absolute atomic E-state index is 0.0828. The minimum atomic E-state index is -0.475. The molecule has 7 nitrogen and oxygen atoms in total. The number of rotatable bonds is 9. The zero-order valence-electron chi connectivity index (χ0n) is 20.2. The number of carbonyl (C=O) groups is 2. The molecule has 36 heavy (non-hydrogen) atoms. The van der Waals surface area contributed by atoms with Gasteiger partial charge in [-0.05, 0) is 67.4 Å². The van der Waals surface area contributed by atoms with Crippen LogP contribution < -0.4 is 19.8 Å². The second kappa shape index (κ2) is 11.5. The number of hydrogen-bond acceptors (Lipinski definition) is 5. The van der Waals surface area contributed by atoms with Gasteiger partial charge in [0.15, 0.2) is 11.5 Å². The van der Waals surface area contributed by atoms with Gasteiger partial charge in [0, 0.05) is 18.7 Å². The van der Waals surface area contributed by atoms with Crippen molar-refractivity contribution in [3.05, 3.63) is 89.2 Å². The summed E-state index contributed by atoms with van der Waals surface area (Å²) in [6.45, 7) is 4.88. The fourth-order valence-electron chi connectivity index (χ4n) is 3.85. The summed E-state index contributed by atoms with van der Waals surface area (Å²) in [7, 11) is 0. The predicted molar refractivity (Wildman–Crippen MR) is 136 cm³/mol. The van der Waals surface area contributed by atoms with E-state index in [1.807, 2.05) is 38.1 Å². The molecule has 1 heterocycles. The first-order valence-electron chi connectivity index (χ1n) is 11.8. The van der Waals surface area contributed by atoms with Gasteiger partial charge in [-0.3, -0.25) is 9.59 Å². The van der Waals surface area contributed by atoms with Gasteiger partial charge >= 0.3 is 0 Å². The topological polar surface area (TPSA) is 80.2 Å². The predicted octanol–water partition coefficient (Wildman–Crippen LogP) is 4.62. The number of ether oxygens (including phenoxy) is 2. The molecule has 1 saturated heterocycles. The summed E-state index contributed by atoms with van der Waals surface area (Å²) in [4.78, 5) is 26.7. The standard InChI is InChI=1S/C28H28FN3O4/c1-3-35-26-14-21(8-13-25(26)36-18-20-6-9-23(29)10-7-20)16-30-31-28(34)22-15-27(33)32(17-22)24-11-4-19(2)5-12-24/h4-14,16,22H,3,15,17-18H2,1-2H3,(H,31,34)/b30-16+/t22-/m0/s1. The van der Waals surface area contributed by atoms with Crippen LogP contribution in [-0.2, 0) is 16.2 Å². The lowest BCUT2D eigenvalue weighted by Crippen LogP contribution is -2.30. The highest BCUT2D eigenvalue weighted by Gasteiger charge is 2.35. The van der Waals surface area contributed by atoms with E-state index in [9.17, 15) is 14.0 Å². The van der Waals surface area contributed by atoms with Crippen molar-refractivity contribution < 1.29 is 23.5 Å². The Labute approximate surface area is 209 Å². The van der Waals surface area contributed by atoms with Crippen LogP contribution in [0, 0.1) is 18.7 Å². The van der Waals surface area contributed by atoms with Gasteiger partial charge < -0.3 is 14.4 Å². The van der Waals surface area contributed by atoms with Gasteiger partial charge in [0.2, 0.25) is 11.8 Å². The molecule has 0 radical (unpaired) electrons. The fourth-order valence-corrected chi connectivity index (χ4v) is 3.85. The van der Waals surface area contributed by atoms with Crippen molar-refractivity contribution in [2.75, 3.05) is 18.1 Å². The largest absolute Gasteiger partial charge is 0.490 e. The summed E-state index contributed by atoms with van der Waals surface area (Å²) in [6.07, 6.45) is 1.66. The van der Waals surface area contributed by atoms with Crippen LogP contribution >= 0.6 is 0 Å². The normalized spacial score (nSPS) is 15.4. The third-order valence-corrected chi connectivity index (χ3v) is 5.81. The van der Waals surface area contributed by atoms with E-state index in [-0.39, 0.29) is 30.7 Å². The van der Waals surface area contributed by atoms with Crippen molar-refractivity contribution in [3.63, 3.8) is 0 Å². The maximum atomic E-state index is 13.1. The Hall–Kier alpha value is -4.20. The monoisotopic (exact) mass is 489 g/mol. The number of hydrazone groups is 1. The number of hydrogen-bond donors (Lipinski definition) is 1. The van der Waals surface area contributed by atoms with E-state index in [1.54, 1.807) is 35.2 Å². The molecule has 0 spiro atoms. The van der Waals surface area contributed by atoms with Crippen LogP contribution in [-0.4, -0.2) is 31.2 Å². The molecule has 8 heteroatoms. The van der Waals surface area contributed by atoms with E-state index in [0.717, 1.165) is 16.8 Å². The molecule has 1 fully saturated rings. The molecule has 4 rings (SSSR count). The Balaban J connectivity index is 1.35. The van der Waals surface area contributed by atoms with Gasteiger partial charge in [-0.15, -0.1) is 0 Å². The molecule has 0 saturated carbocycles. The zero-order chi connectivity index (χ0) is 25.5. The second-order valence-electron chi connectivity index (χ2n) is 8.53. The summed E-state index contributed by atoms with van der Waals surface area (Å²) in [5, 5.41) is 4.07. The first-order chi connectivity index (χ1) is 17.4. The van der Waals surface area contributed by atoms with E-state index in [2.05, 4.69) is 10.5 Å². The molecule has 0 bridgehead atoms. The smallest absolute Gasteiger partial charge is 0.245 e. The van der Waals surface area contributed by atoms with E-state index >= 15 is 0 Å². The number of anilines is 1. The highest BCUT2D eigenvalue weighted by atomic mass is 19.1. The number of halogens is 1. The van der Waals surface area contributed by atoms with E-state index < -0.39 is 5.92 Å². The van der Waals surface area contributed by atoms with Crippen molar-refractivity contribution in [2.24, 2.45) is 11.0 Å². The summed E-state index contributed by atoms with van der Waals surface area (Å²) in [5.41, 5.74) is 5.97. The third-order valence-electron chi connectivity index (χ3n) is 5.81. The Morgan fingerprint density at radius 3 is 2.56 bits per heavy atom. The van der Waals surface area contributed by atoms with Crippen LogP contribution in [0.15, 0.2) is 71.8 Å². The summed E-state index contributed by atoms with van der Waals surface area (Å²) >= 11 is 0. The Bertz CT molecular complexity index is 1240. The lowest BCUT2D eigenvalue weighted by molar-refractivity contribution is -0.126. The summed E-state index contributed by atoms with van der Waals surface area (Å²) < 4.78 is 24.6. The average molecular weight is 490 g/mol. The first kappa shape index (κ1) is 24.9. The average Bonchev–Trinajstić information content (AvgIpc) is 3.27. The van der Waals surface area contributed by atoms with Gasteiger partial charge in [-0.1, -0.05) is 29.8 Å². The molecule has 1 aliphatic heterocycles. The molecule has 1 aliphatic rings. The van der Waals surface area contributed by atoms with Crippen molar-refractivity contribution >= 4 is 23.7 Å². The van der Waals surface area contributed by atoms with Crippen LogP contribution in [0.3, 0.4) is 0 Å². The molecule has 0 aliphatic carbocycles. The van der Waals surface area contributed by atoms with Gasteiger partial charge in [0.25, 0.3) is 0 Å². The summed E-state index contributed by atoms with van der Waals surface area (Å²) in [6, 6.07) is 19.1. The number of nitrogens with zero attached hydrogens (tertiary/aromatic N) is 2. The third kappa shape index (κ3) is 6.27. The molecule has 3 aromatic carbocycles. The van der Waals surface area contributed by atoms with E-state index in [0.29, 0.717) is 30.2 Å². The second-order valence-corrected chi connectivity index (χ2v) is 8.53. The lowest BCUT2D eigenvalue weighted by Gasteiger charge is -2.16. The number of benzene rings is 3. The maximum Gasteiger partial charge on any atom is 0.245 e. The van der Waals surface area contributed by atoms with Crippen LogP contribution in [0.4, 0.5) is 10.1 Å². The molecule has 186 valence electrons. The zero-order valence-corrected chi connectivity index (χ0v) is 20.2. The number of amides is 2. The Morgan fingerprint density at radius 1 is 1.08 bits per heavy atom. The lowest BCUT2D eigenvalue weighted by atomic mass is 10.1. The van der Waals surface area contributed by atoms with E-state index in [4.69, 9.17) is 9.47 Å². The molecule has 2 amide bonds. The molecule has 1 atom stereocenters. The first-order valence-corrected chi connectivity index (χ1v) is 11.8. The molecule has 3 aromatic rings. The van der Waals surface area contributed by atoms with Gasteiger partial charge in [0.1, 0.15) is 12.4 Å². The van der Waals surface area contributed by atoms with Gasteiger partial charge in [-0.2, -0.15) is 5.10 Å². The van der Waals surface area contributed by atoms with Crippen LogP contribution in [0.2, 0.25) is 0 Å². The van der Waals surface area contributed by atoms with Crippen molar-refractivity contribution in [2.45, 2.75) is 26.9 Å². The van der Waals surface area contributed by atoms with Crippen molar-refractivity contribution in [1.82, 2.24) is 5.43 Å². The van der Waals surface area contributed by atoms with Crippen LogP contribution in [0.5, 0.6) is 11.5 Å². The molecular formula is C28H28FN3O4. The molecule has 1 N–H and O–H groups in total. The Kier molecular flexibility index (Phi) is 7.95. The highest BCUT2D eigenvalue weighted by molar-refractivity contribution is 6.00. The number of nitrogens with one attached hydrogen (secondary N) is 1. The van der Waals surface area contributed by atoms with Crippen LogP contribution in [0.1, 0.15) is 30.0 Å². The highest BCUT2D eigenvalue weighted by Crippen LogP contribution is 2.29. The fraction of sp³-hybridized carbons (Fsp3) is 0.250. The Morgan fingerprint density at radius 2 is 1.83 bits per heavy atom. The van der Waals surface area contributed by atoms with Gasteiger partial charge in [-0.25, -0.2) is 9.82 Å². The number of aryl methyl sites for hydroxylation is 1. The minimum Gasteiger partial charge on any atom is -0.490 e. The summed E-state index contributed by atoms with van der Waals surface area (Å²) in [5.74, 6) is -0.0862. The number of carbonyl (C=O) groups excluding carboxylic acids is 2. The van der Waals surface area contributed by atoms with Crippen LogP contribution in [0.25, 0.3) is 0 Å². The SMILES string of the molecule is CCOc1cc(/C=N/NC(=O)[C@H]2CC(=O)N(c3ccc(C)cc3)C2)ccc1OCc1ccc(F)cc1. The van der Waals surface area contributed by atoms with E-state index in [1.165, 1.54) is 18.3 Å². The quantitative estimate of drug-likeness (QED) is 0.352. The van der Waals surface area contributed by atoms with Crippen molar-refractivity contribution in [3.8, 4) is 11.5 Å². The van der Waals surface area contributed by atoms with Crippen molar-refractivity contribution in [1.29, 1.82) is 0 Å². The van der Waals surface area contributed by atoms with Gasteiger partial charge in [0.05, 0.1) is 18.7 Å². The molecular weight excluding hydrogens is 461 g/mol.